The van der Waals surface area contributed by atoms with Crippen molar-refractivity contribution in [3.63, 3.8) is 0 Å². The molecule has 5 heteroatoms. The lowest BCUT2D eigenvalue weighted by Gasteiger charge is -2.15. The highest BCUT2D eigenvalue weighted by Gasteiger charge is 2.35. The smallest absolute Gasteiger partial charge is 0.417 e. The van der Waals surface area contributed by atoms with Gasteiger partial charge in [0.1, 0.15) is 12.4 Å². The summed E-state index contributed by atoms with van der Waals surface area (Å²) in [6.45, 7) is 3.75. The van der Waals surface area contributed by atoms with Gasteiger partial charge in [-0.15, -0.1) is 6.58 Å². The molecular weight excluding hydrogens is 273 g/mol. The lowest BCUT2D eigenvalue weighted by molar-refractivity contribution is -0.128. The van der Waals surface area contributed by atoms with E-state index in [1.807, 2.05) is 6.08 Å². The Hall–Kier alpha value is -2.43. The van der Waals surface area contributed by atoms with Gasteiger partial charge in [0.25, 0.3) is 0 Å². The maximum atomic E-state index is 12.7. The fourth-order valence-electron chi connectivity index (χ4n) is 2.02. The van der Waals surface area contributed by atoms with Crippen molar-refractivity contribution in [2.75, 3.05) is 6.61 Å². The molecule has 1 aliphatic heterocycles. The van der Waals surface area contributed by atoms with Gasteiger partial charge >= 0.3 is 6.09 Å². The molecule has 2 rings (SSSR count). The molecule has 0 radical (unpaired) electrons. The van der Waals surface area contributed by atoms with Crippen LogP contribution in [0.1, 0.15) is 18.4 Å². The van der Waals surface area contributed by atoms with Crippen molar-refractivity contribution in [3.8, 4) is 0 Å². The Morgan fingerprint density at radius 1 is 1.43 bits per heavy atom. The number of amides is 2. The van der Waals surface area contributed by atoms with Gasteiger partial charge in [-0.05, 0) is 24.1 Å². The van der Waals surface area contributed by atoms with E-state index in [9.17, 15) is 14.0 Å². The number of allylic oxidation sites excluding steroid dienone is 1. The van der Waals surface area contributed by atoms with Gasteiger partial charge in [-0.3, -0.25) is 4.79 Å². The number of cyclic esters (lactones) is 1. The van der Waals surface area contributed by atoms with Crippen LogP contribution in [-0.4, -0.2) is 29.5 Å². The molecule has 1 saturated heterocycles. The zero-order chi connectivity index (χ0) is 15.2. The van der Waals surface area contributed by atoms with Crippen molar-refractivity contribution in [1.82, 2.24) is 4.90 Å². The molecule has 0 unspecified atom stereocenters. The maximum Gasteiger partial charge on any atom is 0.417 e. The SMILES string of the molecule is C=C[C@H]1COC(=O)N1C(=O)CC/C=C\c1ccc(F)cc1. The number of hydrogen-bond acceptors (Lipinski definition) is 3. The van der Waals surface area contributed by atoms with E-state index < -0.39 is 6.09 Å². The third-order valence-corrected chi connectivity index (χ3v) is 3.15. The van der Waals surface area contributed by atoms with E-state index in [-0.39, 0.29) is 30.8 Å². The Labute approximate surface area is 122 Å². The van der Waals surface area contributed by atoms with E-state index in [0.29, 0.717) is 6.42 Å². The molecule has 0 aromatic heterocycles. The number of hydrogen-bond donors (Lipinski definition) is 0. The minimum Gasteiger partial charge on any atom is -0.447 e. The molecule has 1 atom stereocenters. The van der Waals surface area contributed by atoms with Gasteiger partial charge in [0.2, 0.25) is 5.91 Å². The molecule has 0 aliphatic carbocycles. The zero-order valence-corrected chi connectivity index (χ0v) is 11.5. The molecule has 21 heavy (non-hydrogen) atoms. The molecule has 0 N–H and O–H groups in total. The predicted octanol–water partition coefficient (Wildman–Crippen LogP) is 3.15. The zero-order valence-electron chi connectivity index (χ0n) is 11.5. The lowest BCUT2D eigenvalue weighted by atomic mass is 10.1. The molecule has 2 amide bonds. The number of carbonyl (C=O) groups excluding carboxylic acids is 2. The summed E-state index contributed by atoms with van der Waals surface area (Å²) in [5.74, 6) is -0.573. The molecular formula is C16H16FNO3. The number of imide groups is 1. The minimum atomic E-state index is -0.618. The molecule has 0 bridgehead atoms. The van der Waals surface area contributed by atoms with Crippen molar-refractivity contribution in [2.45, 2.75) is 18.9 Å². The summed E-state index contributed by atoms with van der Waals surface area (Å²) in [6, 6.07) is 5.67. The first kappa shape index (κ1) is 15.0. The van der Waals surface area contributed by atoms with Gasteiger partial charge in [0.05, 0.1) is 6.04 Å². The first-order valence-electron chi connectivity index (χ1n) is 6.65. The standard InChI is InChI=1S/C16H16FNO3/c1-2-14-11-21-16(20)18(14)15(19)6-4-3-5-12-7-9-13(17)10-8-12/h2-3,5,7-10,14H,1,4,6,11H2/b5-3-/t14-/m0/s1. The maximum absolute atomic E-state index is 12.7. The highest BCUT2D eigenvalue weighted by atomic mass is 19.1. The van der Waals surface area contributed by atoms with E-state index in [1.54, 1.807) is 18.2 Å². The van der Waals surface area contributed by atoms with Gasteiger partial charge in [0, 0.05) is 6.42 Å². The Morgan fingerprint density at radius 3 is 2.81 bits per heavy atom. The average Bonchev–Trinajstić information content (AvgIpc) is 2.86. The molecule has 1 heterocycles. The number of halogens is 1. The highest BCUT2D eigenvalue weighted by Crippen LogP contribution is 2.15. The molecule has 4 nitrogen and oxygen atoms in total. The number of rotatable bonds is 5. The molecule has 0 saturated carbocycles. The van der Waals surface area contributed by atoms with Crippen molar-refractivity contribution < 1.29 is 18.7 Å². The van der Waals surface area contributed by atoms with Gasteiger partial charge in [-0.25, -0.2) is 14.1 Å². The van der Waals surface area contributed by atoms with E-state index in [4.69, 9.17) is 4.74 Å². The first-order valence-corrected chi connectivity index (χ1v) is 6.65. The second-order valence-electron chi connectivity index (χ2n) is 4.64. The summed E-state index contributed by atoms with van der Waals surface area (Å²) in [6.07, 6.45) is 5.22. The largest absolute Gasteiger partial charge is 0.447 e. The average molecular weight is 289 g/mol. The number of ether oxygens (including phenoxy) is 1. The Balaban J connectivity index is 1.85. The van der Waals surface area contributed by atoms with Crippen LogP contribution in [0, 0.1) is 5.82 Å². The van der Waals surface area contributed by atoms with Crippen LogP contribution in [0.4, 0.5) is 9.18 Å². The van der Waals surface area contributed by atoms with Crippen molar-refractivity contribution in [2.24, 2.45) is 0 Å². The summed E-state index contributed by atoms with van der Waals surface area (Å²) in [5.41, 5.74) is 0.855. The van der Waals surface area contributed by atoms with Crippen molar-refractivity contribution >= 4 is 18.1 Å². The predicted molar refractivity (Wildman–Crippen MR) is 76.8 cm³/mol. The Bertz CT molecular complexity index is 565. The number of benzene rings is 1. The molecule has 0 spiro atoms. The van der Waals surface area contributed by atoms with Crippen LogP contribution in [0.3, 0.4) is 0 Å². The molecule has 1 aliphatic rings. The number of nitrogens with zero attached hydrogens (tertiary/aromatic N) is 1. The fourth-order valence-corrected chi connectivity index (χ4v) is 2.02. The topological polar surface area (TPSA) is 46.6 Å². The van der Waals surface area contributed by atoms with Crippen molar-refractivity contribution in [1.29, 1.82) is 0 Å². The van der Waals surface area contributed by atoms with Gasteiger partial charge < -0.3 is 4.74 Å². The molecule has 1 aromatic rings. The number of carbonyl (C=O) groups is 2. The molecule has 1 aromatic carbocycles. The van der Waals surface area contributed by atoms with Gasteiger partial charge in [-0.1, -0.05) is 30.4 Å². The summed E-state index contributed by atoms with van der Waals surface area (Å²) < 4.78 is 17.6. The first-order chi connectivity index (χ1) is 10.1. The van der Waals surface area contributed by atoms with Gasteiger partial charge in [0.15, 0.2) is 0 Å². The Kier molecular flexibility index (Phi) is 4.87. The van der Waals surface area contributed by atoms with Crippen LogP contribution >= 0.6 is 0 Å². The summed E-state index contributed by atoms with van der Waals surface area (Å²) in [7, 11) is 0. The minimum absolute atomic E-state index is 0.166. The van der Waals surface area contributed by atoms with Crippen LogP contribution < -0.4 is 0 Å². The second kappa shape index (κ2) is 6.83. The third-order valence-electron chi connectivity index (χ3n) is 3.15. The van der Waals surface area contributed by atoms with Crippen LogP contribution in [0.25, 0.3) is 6.08 Å². The normalized spacial score (nSPS) is 18.0. The van der Waals surface area contributed by atoms with Crippen molar-refractivity contribution in [3.05, 3.63) is 54.4 Å². The van der Waals surface area contributed by atoms with E-state index in [0.717, 1.165) is 10.5 Å². The van der Waals surface area contributed by atoms with Crippen LogP contribution in [0.15, 0.2) is 43.0 Å². The molecule has 110 valence electrons. The summed E-state index contributed by atoms with van der Waals surface area (Å²) in [4.78, 5) is 24.5. The van der Waals surface area contributed by atoms with Gasteiger partial charge in [-0.2, -0.15) is 0 Å². The van der Waals surface area contributed by atoms with E-state index >= 15 is 0 Å². The molecule has 1 fully saturated rings. The lowest BCUT2D eigenvalue weighted by Crippen LogP contribution is -2.37. The highest BCUT2D eigenvalue weighted by molar-refractivity contribution is 5.93. The van der Waals surface area contributed by atoms with Crippen LogP contribution in [0.5, 0.6) is 0 Å². The van der Waals surface area contributed by atoms with E-state index in [2.05, 4.69) is 6.58 Å². The summed E-state index contributed by atoms with van der Waals surface area (Å²) >= 11 is 0. The van der Waals surface area contributed by atoms with Crippen LogP contribution in [0.2, 0.25) is 0 Å². The third kappa shape index (κ3) is 3.78. The second-order valence-corrected chi connectivity index (χ2v) is 4.64. The fraction of sp³-hybridized carbons (Fsp3) is 0.250. The van der Waals surface area contributed by atoms with Crippen LogP contribution in [-0.2, 0) is 9.53 Å². The monoisotopic (exact) mass is 289 g/mol. The van der Waals surface area contributed by atoms with E-state index in [1.165, 1.54) is 18.2 Å². The summed E-state index contributed by atoms with van der Waals surface area (Å²) in [5, 5.41) is 0. The quantitative estimate of drug-likeness (QED) is 0.782. The Morgan fingerprint density at radius 2 is 2.14 bits per heavy atom.